The number of carbonyl (C=O) groups excluding carboxylic acids is 2. The number of nitrogens with one attached hydrogen (secondary N) is 2. The summed E-state index contributed by atoms with van der Waals surface area (Å²) in [6, 6.07) is 16.4. The summed E-state index contributed by atoms with van der Waals surface area (Å²) in [5.41, 5.74) is 7.56. The molecule has 0 radical (unpaired) electrons. The third-order valence-corrected chi connectivity index (χ3v) is 4.97. The molecule has 0 unspecified atom stereocenters. The number of rotatable bonds is 7. The standard InChI is InChI=1S/C24H20FN5O3/c1-33-18-7-5-15(6-8-18)24(32)30-17-4-2-3-14(9-17)12-27-23-20-11-16(25)10-19(22(26)31)21(20)28-13-29-23/h2-11,13H,12H2,1H3,(H2,26,31)(H,30,32)(H,27,28,29). The zero-order valence-corrected chi connectivity index (χ0v) is 17.6. The van der Waals surface area contributed by atoms with Crippen LogP contribution in [0.2, 0.25) is 0 Å². The Morgan fingerprint density at radius 2 is 1.85 bits per heavy atom. The summed E-state index contributed by atoms with van der Waals surface area (Å²) >= 11 is 0. The molecule has 0 atom stereocenters. The van der Waals surface area contributed by atoms with Gasteiger partial charge in [0.2, 0.25) is 0 Å². The van der Waals surface area contributed by atoms with Gasteiger partial charge in [-0.1, -0.05) is 12.1 Å². The Labute approximate surface area is 188 Å². The van der Waals surface area contributed by atoms with Gasteiger partial charge in [-0.15, -0.1) is 0 Å². The Balaban J connectivity index is 1.51. The van der Waals surface area contributed by atoms with E-state index in [9.17, 15) is 14.0 Å². The SMILES string of the molecule is COc1ccc(C(=O)Nc2cccc(CNc3ncnc4c(C(N)=O)cc(F)cc34)c2)cc1. The third kappa shape index (κ3) is 4.87. The number of halogens is 1. The van der Waals surface area contributed by atoms with Crippen LogP contribution >= 0.6 is 0 Å². The predicted octanol–water partition coefficient (Wildman–Crippen LogP) is 3.74. The van der Waals surface area contributed by atoms with Gasteiger partial charge in [-0.3, -0.25) is 9.59 Å². The Bertz CT molecular complexity index is 1340. The van der Waals surface area contributed by atoms with Crippen LogP contribution in [0.15, 0.2) is 67.0 Å². The molecule has 3 aromatic carbocycles. The van der Waals surface area contributed by atoms with E-state index in [0.29, 0.717) is 34.7 Å². The van der Waals surface area contributed by atoms with Crippen LogP contribution in [-0.2, 0) is 6.54 Å². The van der Waals surface area contributed by atoms with Crippen molar-refractivity contribution in [1.82, 2.24) is 9.97 Å². The Morgan fingerprint density at radius 1 is 1.06 bits per heavy atom. The molecule has 0 aliphatic rings. The number of amides is 2. The van der Waals surface area contributed by atoms with Crippen molar-refractivity contribution >= 4 is 34.2 Å². The Hall–Kier alpha value is -4.53. The summed E-state index contributed by atoms with van der Waals surface area (Å²) in [6.45, 7) is 0.334. The van der Waals surface area contributed by atoms with Gasteiger partial charge in [-0.2, -0.15) is 0 Å². The largest absolute Gasteiger partial charge is 0.497 e. The van der Waals surface area contributed by atoms with Gasteiger partial charge in [0.15, 0.2) is 0 Å². The molecule has 1 heterocycles. The number of methoxy groups -OCH3 is 1. The minimum absolute atomic E-state index is 0.0151. The molecular weight excluding hydrogens is 425 g/mol. The van der Waals surface area contributed by atoms with Gasteiger partial charge in [-0.05, 0) is 54.1 Å². The van der Waals surface area contributed by atoms with E-state index in [-0.39, 0.29) is 17.0 Å². The molecule has 9 heteroatoms. The smallest absolute Gasteiger partial charge is 0.255 e. The highest BCUT2D eigenvalue weighted by Crippen LogP contribution is 2.24. The highest BCUT2D eigenvalue weighted by molar-refractivity contribution is 6.07. The fraction of sp³-hybridized carbons (Fsp3) is 0.0833. The monoisotopic (exact) mass is 445 g/mol. The fourth-order valence-electron chi connectivity index (χ4n) is 3.35. The fourth-order valence-corrected chi connectivity index (χ4v) is 3.35. The van der Waals surface area contributed by atoms with Gasteiger partial charge < -0.3 is 21.1 Å². The quantitative estimate of drug-likeness (QED) is 0.399. The van der Waals surface area contributed by atoms with E-state index < -0.39 is 11.7 Å². The first kappa shape index (κ1) is 21.7. The number of hydrogen-bond acceptors (Lipinski definition) is 6. The van der Waals surface area contributed by atoms with Crippen molar-refractivity contribution in [2.45, 2.75) is 6.54 Å². The molecule has 8 nitrogen and oxygen atoms in total. The van der Waals surface area contributed by atoms with Gasteiger partial charge in [0.1, 0.15) is 23.7 Å². The predicted molar refractivity (Wildman–Crippen MR) is 123 cm³/mol. The third-order valence-electron chi connectivity index (χ3n) is 4.97. The maximum atomic E-state index is 14.0. The lowest BCUT2D eigenvalue weighted by atomic mass is 10.1. The Kier molecular flexibility index (Phi) is 6.12. The molecule has 0 aliphatic carbocycles. The topological polar surface area (TPSA) is 119 Å². The Morgan fingerprint density at radius 3 is 2.58 bits per heavy atom. The first-order valence-corrected chi connectivity index (χ1v) is 9.97. The van der Waals surface area contributed by atoms with Crippen molar-refractivity contribution in [1.29, 1.82) is 0 Å². The van der Waals surface area contributed by atoms with Crippen LogP contribution in [0.25, 0.3) is 10.9 Å². The molecule has 0 fully saturated rings. The van der Waals surface area contributed by atoms with Crippen molar-refractivity contribution < 1.29 is 18.7 Å². The number of hydrogen-bond donors (Lipinski definition) is 3. The number of ether oxygens (including phenoxy) is 1. The molecule has 1 aromatic heterocycles. The van der Waals surface area contributed by atoms with Crippen LogP contribution in [0.5, 0.6) is 5.75 Å². The summed E-state index contributed by atoms with van der Waals surface area (Å²) < 4.78 is 19.1. The molecule has 4 aromatic rings. The van der Waals surface area contributed by atoms with Crippen molar-refractivity contribution in [2.24, 2.45) is 5.73 Å². The molecule has 0 bridgehead atoms. The molecule has 0 spiro atoms. The zero-order valence-electron chi connectivity index (χ0n) is 17.6. The average Bonchev–Trinajstić information content (AvgIpc) is 2.82. The minimum atomic E-state index is -0.774. The zero-order chi connectivity index (χ0) is 23.4. The normalized spacial score (nSPS) is 10.6. The van der Waals surface area contributed by atoms with Crippen LogP contribution in [0.1, 0.15) is 26.3 Å². The molecule has 0 saturated heterocycles. The maximum absolute atomic E-state index is 14.0. The van der Waals surface area contributed by atoms with E-state index in [1.165, 1.54) is 12.4 Å². The second-order valence-corrected chi connectivity index (χ2v) is 7.17. The molecule has 33 heavy (non-hydrogen) atoms. The number of benzene rings is 3. The van der Waals surface area contributed by atoms with Gasteiger partial charge in [0, 0.05) is 23.2 Å². The van der Waals surface area contributed by atoms with Crippen LogP contribution in [-0.4, -0.2) is 28.9 Å². The van der Waals surface area contributed by atoms with Gasteiger partial charge in [0.25, 0.3) is 11.8 Å². The van der Waals surface area contributed by atoms with Crippen molar-refractivity contribution in [3.05, 3.63) is 89.5 Å². The minimum Gasteiger partial charge on any atom is -0.497 e. The number of nitrogens with two attached hydrogens (primary N) is 1. The van der Waals surface area contributed by atoms with E-state index >= 15 is 0 Å². The molecule has 166 valence electrons. The number of primary amides is 1. The number of carbonyl (C=O) groups is 2. The van der Waals surface area contributed by atoms with Crippen LogP contribution < -0.4 is 21.1 Å². The van der Waals surface area contributed by atoms with E-state index in [1.807, 2.05) is 18.2 Å². The summed E-state index contributed by atoms with van der Waals surface area (Å²) in [6.07, 6.45) is 1.28. The van der Waals surface area contributed by atoms with Crippen molar-refractivity contribution in [3.63, 3.8) is 0 Å². The second kappa shape index (κ2) is 9.31. The summed E-state index contributed by atoms with van der Waals surface area (Å²) in [5, 5.41) is 6.33. The molecule has 4 rings (SSSR count). The molecule has 0 aliphatic heterocycles. The molecule has 2 amide bonds. The summed E-state index contributed by atoms with van der Waals surface area (Å²) in [4.78, 5) is 32.4. The summed E-state index contributed by atoms with van der Waals surface area (Å²) in [5.74, 6) is -0.616. The number of nitrogens with zero attached hydrogens (tertiary/aromatic N) is 2. The second-order valence-electron chi connectivity index (χ2n) is 7.17. The highest BCUT2D eigenvalue weighted by Gasteiger charge is 2.14. The highest BCUT2D eigenvalue weighted by atomic mass is 19.1. The molecule has 0 saturated carbocycles. The van der Waals surface area contributed by atoms with Crippen LogP contribution in [0, 0.1) is 5.82 Å². The van der Waals surface area contributed by atoms with Gasteiger partial charge in [0.05, 0.1) is 18.2 Å². The van der Waals surface area contributed by atoms with Crippen LogP contribution in [0.4, 0.5) is 15.9 Å². The van der Waals surface area contributed by atoms with E-state index in [0.717, 1.165) is 11.6 Å². The van der Waals surface area contributed by atoms with Gasteiger partial charge in [-0.25, -0.2) is 14.4 Å². The van der Waals surface area contributed by atoms with Crippen LogP contribution in [0.3, 0.4) is 0 Å². The number of aromatic nitrogens is 2. The van der Waals surface area contributed by atoms with E-state index in [4.69, 9.17) is 10.5 Å². The lowest BCUT2D eigenvalue weighted by Crippen LogP contribution is -2.13. The number of anilines is 2. The summed E-state index contributed by atoms with van der Waals surface area (Å²) in [7, 11) is 1.56. The maximum Gasteiger partial charge on any atom is 0.255 e. The van der Waals surface area contributed by atoms with Crippen molar-refractivity contribution in [2.75, 3.05) is 17.7 Å². The molecule has 4 N–H and O–H groups in total. The first-order chi connectivity index (χ1) is 15.9. The lowest BCUT2D eigenvalue weighted by molar-refractivity contribution is 0.0998. The van der Waals surface area contributed by atoms with E-state index in [2.05, 4.69) is 20.6 Å². The molecular formula is C24H20FN5O3. The average molecular weight is 445 g/mol. The lowest BCUT2D eigenvalue weighted by Gasteiger charge is -2.11. The first-order valence-electron chi connectivity index (χ1n) is 9.97. The van der Waals surface area contributed by atoms with E-state index in [1.54, 1.807) is 37.4 Å². The van der Waals surface area contributed by atoms with Crippen molar-refractivity contribution in [3.8, 4) is 5.75 Å². The number of fused-ring (bicyclic) bond motifs is 1. The van der Waals surface area contributed by atoms with Gasteiger partial charge >= 0.3 is 0 Å².